The van der Waals surface area contributed by atoms with Gasteiger partial charge in [0.25, 0.3) is 0 Å². The number of carbonyl (C=O) groups is 6. The van der Waals surface area contributed by atoms with E-state index < -0.39 is 18.1 Å². The molecule has 0 spiro atoms. The Hall–Kier alpha value is -14.2. The van der Waals surface area contributed by atoms with Crippen molar-refractivity contribution < 1.29 is 47.7 Å². The zero-order valence-electron chi connectivity index (χ0n) is 81.0. The first-order valence-corrected chi connectivity index (χ1v) is 48.4. The molecular weight excluding hydrogens is 1720 g/mol. The molecule has 3 aliphatic heterocycles. The number of carbonyl (C=O) groups excluding carboxylic acids is 6. The molecule has 12 aromatic carbocycles. The predicted octanol–water partition coefficient (Wildman–Crippen LogP) is 19.2. The molecule has 3 saturated heterocycles. The number of benzene rings is 12. The Morgan fingerprint density at radius 3 is 0.754 bits per heavy atom. The monoisotopic (exact) mass is 1850 g/mol. The first kappa shape index (κ1) is 101. The van der Waals surface area contributed by atoms with E-state index in [9.17, 15) is 28.8 Å². The third-order valence-corrected chi connectivity index (χ3v) is 25.4. The van der Waals surface area contributed by atoms with Gasteiger partial charge in [-0.05, 0) is 170 Å². The smallest absolute Gasteiger partial charge is 0.247 e. The fourth-order valence-corrected chi connectivity index (χ4v) is 17.6. The molecular formula is C119H133N9O10. The van der Waals surface area contributed by atoms with Gasteiger partial charge < -0.3 is 48.3 Å². The summed E-state index contributed by atoms with van der Waals surface area (Å²) in [5.41, 5.74) is 14.9. The van der Waals surface area contributed by atoms with Crippen LogP contribution in [0.5, 0.6) is 23.0 Å². The lowest BCUT2D eigenvalue weighted by Crippen LogP contribution is -2.56. The van der Waals surface area contributed by atoms with Crippen molar-refractivity contribution in [1.82, 2.24) is 44.1 Å². The van der Waals surface area contributed by atoms with Gasteiger partial charge in [-0.1, -0.05) is 300 Å². The normalized spacial score (nSPS) is 14.3. The van der Waals surface area contributed by atoms with E-state index in [2.05, 4.69) is 157 Å². The van der Waals surface area contributed by atoms with Gasteiger partial charge in [0.15, 0.2) is 0 Å². The Bertz CT molecular complexity index is 5800. The quantitative estimate of drug-likeness (QED) is 0.0336. The van der Waals surface area contributed by atoms with Crippen molar-refractivity contribution in [3.63, 3.8) is 0 Å². The molecule has 0 saturated carbocycles. The van der Waals surface area contributed by atoms with Crippen LogP contribution < -0.4 is 18.9 Å². The highest BCUT2D eigenvalue weighted by Gasteiger charge is 2.38. The van der Waals surface area contributed by atoms with E-state index in [-0.39, 0.29) is 42.0 Å². The van der Waals surface area contributed by atoms with Crippen LogP contribution >= 0.6 is 0 Å². The molecule has 0 bridgehead atoms. The molecule has 6 amide bonds. The van der Waals surface area contributed by atoms with Crippen LogP contribution in [0.1, 0.15) is 106 Å². The van der Waals surface area contributed by atoms with Crippen LogP contribution in [0.3, 0.4) is 0 Å². The average molecular weight is 1850 g/mol. The molecule has 19 heteroatoms. The summed E-state index contributed by atoms with van der Waals surface area (Å²) in [5.74, 6) is 2.95. The summed E-state index contributed by atoms with van der Waals surface area (Å²) >= 11 is 0. The van der Waals surface area contributed by atoms with Crippen LogP contribution in [0.15, 0.2) is 346 Å². The summed E-state index contributed by atoms with van der Waals surface area (Å²) in [6, 6.07) is 107. The molecule has 714 valence electrons. The van der Waals surface area contributed by atoms with Crippen molar-refractivity contribution in [2.75, 3.05) is 106 Å². The Morgan fingerprint density at radius 2 is 0.507 bits per heavy atom. The Labute approximate surface area is 816 Å². The standard InChI is InChI=1S/C41H47N3O3.C39H43N3O4.C39H43N3O3/c1-32(2)28-35-14-16-37(17-15-35)31-44(40(45)23-20-33-18-21-38(47-3)22-19-33)39(29-34-10-6-4-7-11-34)41(46)43-26-24-42(25-27-43)30-36-12-8-5-9-13-36;1-3-46-36-21-16-34(17-22-36)30-42(38(43)23-18-31-14-19-35(45-2)20-15-31)37(28-32-10-6-4-7-11-32)39(44)41-26-24-40(25-27-41)29-33-12-8-5-9-13-33;1-3-31-14-16-35(17-15-31)30-42(38(43)23-20-32-18-21-36(45-2)22-19-32)37(28-33-10-6-4-7-11-33)39(44)41-26-24-40(25-27-41)29-34-12-8-5-9-13-34/h4-23,32,39H,24-31H2,1-3H3;4-23,37H,3,24-30H2,1-2H3;4-23,37H,3,24-30H2,1-2H3/b23-20+;23-18+;23-20+/t39-;2*37-/m000/s1. The van der Waals surface area contributed by atoms with E-state index in [1.54, 1.807) is 66.4 Å². The van der Waals surface area contributed by atoms with Crippen LogP contribution in [-0.4, -0.2) is 204 Å². The molecule has 0 radical (unpaired) electrons. The highest BCUT2D eigenvalue weighted by atomic mass is 16.5. The van der Waals surface area contributed by atoms with Crippen LogP contribution in [0.25, 0.3) is 18.2 Å². The van der Waals surface area contributed by atoms with Gasteiger partial charge >= 0.3 is 0 Å². The fourth-order valence-electron chi connectivity index (χ4n) is 17.6. The van der Waals surface area contributed by atoms with E-state index >= 15 is 0 Å². The second-order valence-electron chi connectivity index (χ2n) is 35.8. The lowest BCUT2D eigenvalue weighted by atomic mass is 9.99. The zero-order chi connectivity index (χ0) is 96.6. The van der Waals surface area contributed by atoms with Crippen molar-refractivity contribution in [3.8, 4) is 23.0 Å². The summed E-state index contributed by atoms with van der Waals surface area (Å²) < 4.78 is 21.5. The molecule has 19 nitrogen and oxygen atoms in total. The Balaban J connectivity index is 0.000000175. The first-order chi connectivity index (χ1) is 67.4. The number of ether oxygens (including phenoxy) is 4. The average Bonchev–Trinajstić information content (AvgIpc) is 0.816. The lowest BCUT2D eigenvalue weighted by molar-refractivity contribution is -0.145. The van der Waals surface area contributed by atoms with Crippen molar-refractivity contribution in [2.24, 2.45) is 5.92 Å². The van der Waals surface area contributed by atoms with Crippen molar-refractivity contribution in [2.45, 2.75) is 117 Å². The highest BCUT2D eigenvalue weighted by Crippen LogP contribution is 2.28. The summed E-state index contributed by atoms with van der Waals surface area (Å²) in [6.07, 6.45) is 13.4. The highest BCUT2D eigenvalue weighted by molar-refractivity contribution is 5.98. The van der Waals surface area contributed by atoms with Crippen LogP contribution in [0.2, 0.25) is 0 Å². The van der Waals surface area contributed by atoms with Crippen LogP contribution in [0.4, 0.5) is 0 Å². The number of methoxy groups -OCH3 is 3. The number of hydrogen-bond donors (Lipinski definition) is 0. The van der Waals surface area contributed by atoms with E-state index in [0.29, 0.717) is 84.1 Å². The molecule has 15 rings (SSSR count). The largest absolute Gasteiger partial charge is 0.497 e. The van der Waals surface area contributed by atoms with Crippen molar-refractivity contribution in [3.05, 3.63) is 424 Å². The topological polar surface area (TPSA) is 169 Å². The number of aryl methyl sites for hydroxylation is 1. The molecule has 3 heterocycles. The summed E-state index contributed by atoms with van der Waals surface area (Å²) in [7, 11) is 4.89. The van der Waals surface area contributed by atoms with Gasteiger partial charge in [0.2, 0.25) is 35.4 Å². The second kappa shape index (κ2) is 53.3. The maximum absolute atomic E-state index is 14.5. The minimum atomic E-state index is -0.678. The van der Waals surface area contributed by atoms with Gasteiger partial charge in [-0.2, -0.15) is 0 Å². The van der Waals surface area contributed by atoms with E-state index in [0.717, 1.165) is 145 Å². The minimum Gasteiger partial charge on any atom is -0.497 e. The lowest BCUT2D eigenvalue weighted by Gasteiger charge is -2.39. The van der Waals surface area contributed by atoms with Crippen LogP contribution in [-0.2, 0) is 100 Å². The van der Waals surface area contributed by atoms with Gasteiger partial charge in [0, 0.05) is 155 Å². The van der Waals surface area contributed by atoms with Gasteiger partial charge in [-0.3, -0.25) is 43.5 Å². The molecule has 3 atom stereocenters. The van der Waals surface area contributed by atoms with Crippen molar-refractivity contribution >= 4 is 53.7 Å². The van der Waals surface area contributed by atoms with Gasteiger partial charge in [0.05, 0.1) is 27.9 Å². The van der Waals surface area contributed by atoms with E-state index in [1.165, 1.54) is 27.8 Å². The Morgan fingerprint density at radius 1 is 0.275 bits per heavy atom. The zero-order valence-corrected chi connectivity index (χ0v) is 81.0. The maximum Gasteiger partial charge on any atom is 0.247 e. The molecule has 138 heavy (non-hydrogen) atoms. The number of piperazine rings is 3. The van der Waals surface area contributed by atoms with E-state index in [4.69, 9.17) is 18.9 Å². The third-order valence-electron chi connectivity index (χ3n) is 25.4. The van der Waals surface area contributed by atoms with Gasteiger partial charge in [-0.25, -0.2) is 0 Å². The van der Waals surface area contributed by atoms with Crippen molar-refractivity contribution in [1.29, 1.82) is 0 Å². The second-order valence-corrected chi connectivity index (χ2v) is 35.8. The Kier molecular flexibility index (Phi) is 39.1. The molecule has 0 unspecified atom stereocenters. The number of hydrogen-bond acceptors (Lipinski definition) is 13. The SMILES string of the molecule is CCOc1ccc(CN(C(=O)/C=C/c2ccc(OC)cc2)[C@@H](Cc2ccccc2)C(=O)N2CCN(Cc3ccccc3)CC2)cc1.CCc1ccc(CN(C(=O)/C=C/c2ccc(OC)cc2)[C@@H](Cc2ccccc2)C(=O)N2CCN(Cc3ccccc3)CC2)cc1.COc1ccc(/C=C/C(=O)N(Cc2ccc(CC(C)C)cc2)[C@@H](Cc2ccccc2)C(=O)N2CCN(Cc3ccccc3)CC2)cc1. The number of amides is 6. The number of nitrogens with zero attached hydrogens (tertiary/aromatic N) is 9. The molecule has 0 aromatic heterocycles. The fraction of sp³-hybridized carbons (Fsp3) is 0.294. The van der Waals surface area contributed by atoms with Gasteiger partial charge in [-0.15, -0.1) is 0 Å². The third kappa shape index (κ3) is 31.4. The summed E-state index contributed by atoms with van der Waals surface area (Å²) in [6.45, 7) is 21.1. The van der Waals surface area contributed by atoms with E-state index in [1.807, 2.05) is 234 Å². The molecule has 12 aromatic rings. The molecule has 0 aliphatic carbocycles. The predicted molar refractivity (Wildman–Crippen MR) is 553 cm³/mol. The molecule has 3 aliphatic rings. The summed E-state index contributed by atoms with van der Waals surface area (Å²) in [5, 5.41) is 0. The number of rotatable bonds is 38. The first-order valence-electron chi connectivity index (χ1n) is 48.4. The molecule has 3 fully saturated rings. The molecule has 0 N–H and O–H groups in total. The summed E-state index contributed by atoms with van der Waals surface area (Å²) in [4.78, 5) is 104. The minimum absolute atomic E-state index is 0.00385. The maximum atomic E-state index is 14.5. The van der Waals surface area contributed by atoms with Gasteiger partial charge in [0.1, 0.15) is 41.1 Å². The van der Waals surface area contributed by atoms with Crippen LogP contribution in [0, 0.1) is 5.92 Å².